The van der Waals surface area contributed by atoms with Crippen molar-refractivity contribution in [2.24, 2.45) is 0 Å². The van der Waals surface area contributed by atoms with Gasteiger partial charge in [0.1, 0.15) is 5.82 Å². The third-order valence-electron chi connectivity index (χ3n) is 3.86. The number of hydrogen-bond acceptors (Lipinski definition) is 5. The molecular formula is C16H18ClFN4O3. The number of halogens is 2. The SMILES string of the molecule is CCc1nnc(C2CN(C(=O)NCc3ccc(Cl)cc3F)CCO2)o1. The number of carbonyl (C=O) groups excluding carboxylic acids is 1. The van der Waals surface area contributed by atoms with Gasteiger partial charge in [0.05, 0.1) is 13.2 Å². The summed E-state index contributed by atoms with van der Waals surface area (Å²) in [6.07, 6.45) is 0.177. The molecule has 1 aliphatic rings. The number of carbonyl (C=O) groups is 1. The topological polar surface area (TPSA) is 80.5 Å². The van der Waals surface area contributed by atoms with Crippen LogP contribution in [0.5, 0.6) is 0 Å². The minimum absolute atomic E-state index is 0.0738. The van der Waals surface area contributed by atoms with Gasteiger partial charge in [-0.2, -0.15) is 0 Å². The highest BCUT2D eigenvalue weighted by Gasteiger charge is 2.29. The summed E-state index contributed by atoms with van der Waals surface area (Å²) in [6.45, 7) is 3.07. The van der Waals surface area contributed by atoms with E-state index in [0.29, 0.717) is 48.5 Å². The Kier molecular flexibility index (Phi) is 5.50. The summed E-state index contributed by atoms with van der Waals surface area (Å²) in [7, 11) is 0. The number of morpholine rings is 1. The normalized spacial score (nSPS) is 17.6. The molecule has 0 spiro atoms. The Bertz CT molecular complexity index is 755. The van der Waals surface area contributed by atoms with E-state index in [2.05, 4.69) is 15.5 Å². The molecule has 0 aliphatic carbocycles. The number of urea groups is 1. The van der Waals surface area contributed by atoms with Gasteiger partial charge in [-0.1, -0.05) is 24.6 Å². The van der Waals surface area contributed by atoms with Crippen molar-refractivity contribution in [2.75, 3.05) is 19.7 Å². The maximum absolute atomic E-state index is 13.8. The highest BCUT2D eigenvalue weighted by atomic mass is 35.5. The summed E-state index contributed by atoms with van der Waals surface area (Å²) in [5.74, 6) is 0.432. The fraction of sp³-hybridized carbons (Fsp3) is 0.438. The molecule has 1 N–H and O–H groups in total. The molecule has 134 valence electrons. The van der Waals surface area contributed by atoms with Crippen LogP contribution < -0.4 is 5.32 Å². The Labute approximate surface area is 149 Å². The Hall–Kier alpha value is -2.19. The molecule has 1 unspecified atom stereocenters. The lowest BCUT2D eigenvalue weighted by molar-refractivity contribution is -0.0293. The maximum atomic E-state index is 13.8. The van der Waals surface area contributed by atoms with E-state index in [1.807, 2.05) is 6.92 Å². The van der Waals surface area contributed by atoms with Crippen molar-refractivity contribution in [3.8, 4) is 0 Å². The first kappa shape index (κ1) is 17.6. The van der Waals surface area contributed by atoms with Crippen molar-refractivity contribution in [1.82, 2.24) is 20.4 Å². The van der Waals surface area contributed by atoms with E-state index in [4.69, 9.17) is 20.8 Å². The van der Waals surface area contributed by atoms with Crippen LogP contribution in [-0.2, 0) is 17.7 Å². The van der Waals surface area contributed by atoms with Gasteiger partial charge in [-0.05, 0) is 12.1 Å². The Morgan fingerprint density at radius 1 is 1.48 bits per heavy atom. The zero-order valence-electron chi connectivity index (χ0n) is 13.7. The molecule has 1 aromatic carbocycles. The number of rotatable bonds is 4. The minimum Gasteiger partial charge on any atom is -0.422 e. The lowest BCUT2D eigenvalue weighted by atomic mass is 10.2. The number of aryl methyl sites for hydroxylation is 1. The first-order valence-electron chi connectivity index (χ1n) is 7.97. The van der Waals surface area contributed by atoms with Crippen LogP contribution in [0.3, 0.4) is 0 Å². The summed E-state index contributed by atoms with van der Waals surface area (Å²) in [4.78, 5) is 13.9. The van der Waals surface area contributed by atoms with Gasteiger partial charge in [-0.15, -0.1) is 10.2 Å². The van der Waals surface area contributed by atoms with Crippen LogP contribution in [0.15, 0.2) is 22.6 Å². The predicted molar refractivity (Wildman–Crippen MR) is 87.6 cm³/mol. The number of ether oxygens (including phenoxy) is 1. The molecule has 9 heteroatoms. The van der Waals surface area contributed by atoms with E-state index in [0.717, 1.165) is 0 Å². The standard InChI is InChI=1S/C16H18ClFN4O3/c1-2-14-20-21-15(25-14)13-9-22(5-6-24-13)16(23)19-8-10-3-4-11(17)7-12(10)18/h3-4,7,13H,2,5-6,8-9H2,1H3,(H,19,23). The number of hydrogen-bond donors (Lipinski definition) is 1. The molecule has 1 atom stereocenters. The Morgan fingerprint density at radius 2 is 2.32 bits per heavy atom. The van der Waals surface area contributed by atoms with Crippen molar-refractivity contribution in [2.45, 2.75) is 26.0 Å². The molecule has 1 saturated heterocycles. The van der Waals surface area contributed by atoms with Crippen molar-refractivity contribution in [1.29, 1.82) is 0 Å². The van der Waals surface area contributed by atoms with E-state index in [9.17, 15) is 9.18 Å². The van der Waals surface area contributed by atoms with Gasteiger partial charge in [-0.3, -0.25) is 0 Å². The van der Waals surface area contributed by atoms with Crippen molar-refractivity contribution in [3.05, 3.63) is 46.4 Å². The summed E-state index contributed by atoms with van der Waals surface area (Å²) in [6, 6.07) is 4.04. The molecule has 25 heavy (non-hydrogen) atoms. The summed E-state index contributed by atoms with van der Waals surface area (Å²) < 4.78 is 24.9. The summed E-state index contributed by atoms with van der Waals surface area (Å²) in [5.41, 5.74) is 0.368. The van der Waals surface area contributed by atoms with Gasteiger partial charge in [0.15, 0.2) is 6.10 Å². The van der Waals surface area contributed by atoms with Gasteiger partial charge >= 0.3 is 6.03 Å². The number of nitrogens with zero attached hydrogens (tertiary/aromatic N) is 3. The van der Waals surface area contributed by atoms with Gasteiger partial charge in [0.2, 0.25) is 11.8 Å². The molecule has 1 fully saturated rings. The lowest BCUT2D eigenvalue weighted by Crippen LogP contribution is -2.47. The van der Waals surface area contributed by atoms with E-state index in [1.54, 1.807) is 17.0 Å². The molecule has 0 saturated carbocycles. The first-order valence-corrected chi connectivity index (χ1v) is 8.35. The lowest BCUT2D eigenvalue weighted by Gasteiger charge is -2.31. The van der Waals surface area contributed by atoms with Crippen molar-refractivity contribution in [3.63, 3.8) is 0 Å². The zero-order chi connectivity index (χ0) is 17.8. The third kappa shape index (κ3) is 4.26. The van der Waals surface area contributed by atoms with Crippen LogP contribution >= 0.6 is 11.6 Å². The van der Waals surface area contributed by atoms with Gasteiger partial charge in [-0.25, -0.2) is 9.18 Å². The quantitative estimate of drug-likeness (QED) is 0.897. The van der Waals surface area contributed by atoms with Crippen LogP contribution in [0.1, 0.15) is 30.4 Å². The van der Waals surface area contributed by atoms with Crippen LogP contribution in [-0.4, -0.2) is 40.8 Å². The van der Waals surface area contributed by atoms with Gasteiger partial charge in [0, 0.05) is 30.1 Å². The smallest absolute Gasteiger partial charge is 0.317 e. The second-order valence-electron chi connectivity index (χ2n) is 5.59. The highest BCUT2D eigenvalue weighted by Crippen LogP contribution is 2.21. The molecule has 1 aliphatic heterocycles. The largest absolute Gasteiger partial charge is 0.422 e. The molecule has 2 aromatic rings. The molecule has 0 radical (unpaired) electrons. The van der Waals surface area contributed by atoms with Crippen LogP contribution in [0, 0.1) is 5.82 Å². The molecule has 2 heterocycles. The molecular weight excluding hydrogens is 351 g/mol. The van der Waals surface area contributed by atoms with E-state index >= 15 is 0 Å². The fourth-order valence-corrected chi connectivity index (χ4v) is 2.63. The van der Waals surface area contributed by atoms with Gasteiger partial charge < -0.3 is 19.4 Å². The van der Waals surface area contributed by atoms with Crippen LogP contribution in [0.2, 0.25) is 5.02 Å². The second-order valence-corrected chi connectivity index (χ2v) is 6.02. The maximum Gasteiger partial charge on any atom is 0.317 e. The Morgan fingerprint density at radius 3 is 3.04 bits per heavy atom. The van der Waals surface area contributed by atoms with Crippen molar-refractivity contribution >= 4 is 17.6 Å². The average molecular weight is 369 g/mol. The number of benzene rings is 1. The second kappa shape index (κ2) is 7.79. The van der Waals surface area contributed by atoms with E-state index in [1.165, 1.54) is 6.07 Å². The molecule has 0 bridgehead atoms. The van der Waals surface area contributed by atoms with Gasteiger partial charge in [0.25, 0.3) is 0 Å². The predicted octanol–water partition coefficient (Wildman–Crippen LogP) is 2.71. The molecule has 2 amide bonds. The number of amides is 2. The summed E-state index contributed by atoms with van der Waals surface area (Å²) >= 11 is 5.72. The third-order valence-corrected chi connectivity index (χ3v) is 4.09. The van der Waals surface area contributed by atoms with E-state index in [-0.39, 0.29) is 12.6 Å². The van der Waals surface area contributed by atoms with E-state index < -0.39 is 11.9 Å². The first-order chi connectivity index (χ1) is 12.1. The monoisotopic (exact) mass is 368 g/mol. The molecule has 7 nitrogen and oxygen atoms in total. The Balaban J connectivity index is 1.58. The number of aromatic nitrogens is 2. The molecule has 3 rings (SSSR count). The summed E-state index contributed by atoms with van der Waals surface area (Å²) in [5, 5.41) is 10.9. The molecule has 1 aromatic heterocycles. The number of nitrogens with one attached hydrogen (secondary N) is 1. The van der Waals surface area contributed by atoms with Crippen LogP contribution in [0.25, 0.3) is 0 Å². The minimum atomic E-state index is -0.459. The zero-order valence-corrected chi connectivity index (χ0v) is 14.4. The fourth-order valence-electron chi connectivity index (χ4n) is 2.47. The van der Waals surface area contributed by atoms with Crippen molar-refractivity contribution < 1.29 is 18.3 Å². The van der Waals surface area contributed by atoms with Crippen LogP contribution in [0.4, 0.5) is 9.18 Å². The average Bonchev–Trinajstić information content (AvgIpc) is 3.10. The highest BCUT2D eigenvalue weighted by molar-refractivity contribution is 6.30.